The van der Waals surface area contributed by atoms with E-state index in [1.165, 1.54) is 25.9 Å². The number of likely N-dealkylation sites (tertiary alicyclic amines) is 1. The summed E-state index contributed by atoms with van der Waals surface area (Å²) in [6, 6.07) is 4.31. The van der Waals surface area contributed by atoms with Gasteiger partial charge >= 0.3 is 0 Å². The summed E-state index contributed by atoms with van der Waals surface area (Å²) < 4.78 is 5.63. The molecule has 0 bridgehead atoms. The summed E-state index contributed by atoms with van der Waals surface area (Å²) in [5.41, 5.74) is 0. The normalized spacial score (nSPS) is 17.6. The van der Waals surface area contributed by atoms with Crippen molar-refractivity contribution in [1.29, 1.82) is 0 Å². The maximum absolute atomic E-state index is 5.72. The number of halogens is 1. The number of hydrogen-bond acceptors (Lipinski definition) is 4. The molecular formula is C14H22ClN3O. The fraction of sp³-hybridized carbons (Fsp3) is 0.643. The fourth-order valence-corrected chi connectivity index (χ4v) is 2.48. The molecule has 19 heavy (non-hydrogen) atoms. The molecule has 4 nitrogen and oxygen atoms in total. The van der Waals surface area contributed by atoms with Crippen LogP contribution in [0.4, 0.5) is 0 Å². The highest BCUT2D eigenvalue weighted by molar-refractivity contribution is 6.29. The van der Waals surface area contributed by atoms with Crippen molar-refractivity contribution in [3.05, 3.63) is 23.5 Å². The SMILES string of the molecule is CNC1CCN(CCCOc2ccc(Cl)nc2)CC1. The van der Waals surface area contributed by atoms with E-state index in [1.807, 2.05) is 13.1 Å². The smallest absolute Gasteiger partial charge is 0.137 e. The van der Waals surface area contributed by atoms with Crippen LogP contribution in [0.25, 0.3) is 0 Å². The Morgan fingerprint density at radius 2 is 2.21 bits per heavy atom. The van der Waals surface area contributed by atoms with E-state index in [-0.39, 0.29) is 0 Å². The number of rotatable bonds is 6. The number of nitrogens with one attached hydrogen (secondary N) is 1. The highest BCUT2D eigenvalue weighted by atomic mass is 35.5. The van der Waals surface area contributed by atoms with E-state index in [2.05, 4.69) is 15.2 Å². The van der Waals surface area contributed by atoms with E-state index in [1.54, 1.807) is 12.3 Å². The number of ether oxygens (including phenoxy) is 1. The predicted octanol–water partition coefficient (Wildman–Crippen LogP) is 2.19. The molecule has 0 aromatic carbocycles. The maximum atomic E-state index is 5.72. The average molecular weight is 284 g/mol. The van der Waals surface area contributed by atoms with Gasteiger partial charge < -0.3 is 15.0 Å². The Balaban J connectivity index is 1.58. The van der Waals surface area contributed by atoms with Gasteiger partial charge in [-0.15, -0.1) is 0 Å². The zero-order chi connectivity index (χ0) is 13.5. The van der Waals surface area contributed by atoms with Crippen LogP contribution >= 0.6 is 11.6 Å². The Kier molecular flexibility index (Phi) is 5.89. The first-order chi connectivity index (χ1) is 9.28. The van der Waals surface area contributed by atoms with Gasteiger partial charge in [0.25, 0.3) is 0 Å². The molecule has 0 radical (unpaired) electrons. The summed E-state index contributed by atoms with van der Waals surface area (Å²) in [6.07, 6.45) is 5.21. The van der Waals surface area contributed by atoms with Crippen LogP contribution in [0.5, 0.6) is 5.75 Å². The van der Waals surface area contributed by atoms with Crippen LogP contribution < -0.4 is 10.1 Å². The lowest BCUT2D eigenvalue weighted by Crippen LogP contribution is -2.41. The van der Waals surface area contributed by atoms with E-state index < -0.39 is 0 Å². The third-order valence-corrected chi connectivity index (χ3v) is 3.81. The summed E-state index contributed by atoms with van der Waals surface area (Å²) in [4.78, 5) is 6.50. The number of hydrogen-bond donors (Lipinski definition) is 1. The van der Waals surface area contributed by atoms with Gasteiger partial charge in [-0.2, -0.15) is 0 Å². The third kappa shape index (κ3) is 4.97. The third-order valence-electron chi connectivity index (χ3n) is 3.58. The molecule has 0 saturated carbocycles. The van der Waals surface area contributed by atoms with E-state index in [9.17, 15) is 0 Å². The van der Waals surface area contributed by atoms with E-state index in [0.717, 1.165) is 25.3 Å². The van der Waals surface area contributed by atoms with Crippen LogP contribution in [-0.2, 0) is 0 Å². The maximum Gasteiger partial charge on any atom is 0.137 e. The second-order valence-electron chi connectivity index (χ2n) is 4.92. The molecule has 5 heteroatoms. The van der Waals surface area contributed by atoms with Gasteiger partial charge in [0.1, 0.15) is 10.9 Å². The first kappa shape index (κ1) is 14.6. The van der Waals surface area contributed by atoms with Crippen LogP contribution in [0.2, 0.25) is 5.15 Å². The topological polar surface area (TPSA) is 37.4 Å². The molecule has 0 amide bonds. The van der Waals surface area contributed by atoms with Crippen molar-refractivity contribution in [2.45, 2.75) is 25.3 Å². The van der Waals surface area contributed by atoms with Crippen LogP contribution in [0.1, 0.15) is 19.3 Å². The number of pyridine rings is 1. The quantitative estimate of drug-likeness (QED) is 0.641. The Hall–Kier alpha value is -0.840. The molecule has 106 valence electrons. The van der Waals surface area contributed by atoms with Gasteiger partial charge in [0.05, 0.1) is 12.8 Å². The second kappa shape index (κ2) is 7.68. The number of aromatic nitrogens is 1. The van der Waals surface area contributed by atoms with Crippen molar-refractivity contribution in [1.82, 2.24) is 15.2 Å². The van der Waals surface area contributed by atoms with Gasteiger partial charge in [0.15, 0.2) is 0 Å². The van der Waals surface area contributed by atoms with Gasteiger partial charge in [-0.05, 0) is 51.5 Å². The summed E-state index contributed by atoms with van der Waals surface area (Å²) in [5, 5.41) is 3.85. The zero-order valence-corrected chi connectivity index (χ0v) is 12.2. The average Bonchev–Trinajstić information content (AvgIpc) is 2.46. The first-order valence-corrected chi connectivity index (χ1v) is 7.29. The molecule has 0 unspecified atom stereocenters. The van der Waals surface area contributed by atoms with Crippen molar-refractivity contribution in [2.75, 3.05) is 33.3 Å². The molecule has 1 fully saturated rings. The predicted molar refractivity (Wildman–Crippen MR) is 77.9 cm³/mol. The molecule has 0 spiro atoms. The Labute approximate surface area is 120 Å². The van der Waals surface area contributed by atoms with Gasteiger partial charge in [-0.1, -0.05) is 11.6 Å². The molecule has 1 aliphatic rings. The molecule has 0 aliphatic carbocycles. The monoisotopic (exact) mass is 283 g/mol. The minimum absolute atomic E-state index is 0.500. The molecule has 1 N–H and O–H groups in total. The highest BCUT2D eigenvalue weighted by Gasteiger charge is 2.16. The summed E-state index contributed by atoms with van der Waals surface area (Å²) in [6.45, 7) is 4.22. The Morgan fingerprint density at radius 1 is 1.42 bits per heavy atom. The zero-order valence-electron chi connectivity index (χ0n) is 11.4. The van der Waals surface area contributed by atoms with Crippen molar-refractivity contribution >= 4 is 11.6 Å². The van der Waals surface area contributed by atoms with E-state index >= 15 is 0 Å². The summed E-state index contributed by atoms with van der Waals surface area (Å²) >= 11 is 5.72. The van der Waals surface area contributed by atoms with Crippen LogP contribution in [0, 0.1) is 0 Å². The van der Waals surface area contributed by atoms with Crippen LogP contribution in [0.3, 0.4) is 0 Å². The van der Waals surface area contributed by atoms with E-state index in [4.69, 9.17) is 16.3 Å². The largest absolute Gasteiger partial charge is 0.492 e. The van der Waals surface area contributed by atoms with Gasteiger partial charge in [-0.25, -0.2) is 4.98 Å². The van der Waals surface area contributed by atoms with Crippen molar-refractivity contribution < 1.29 is 4.74 Å². The van der Waals surface area contributed by atoms with Crippen molar-refractivity contribution in [2.24, 2.45) is 0 Å². The van der Waals surface area contributed by atoms with Gasteiger partial charge in [0.2, 0.25) is 0 Å². The first-order valence-electron chi connectivity index (χ1n) is 6.92. The standard InChI is InChI=1S/C14H22ClN3O/c1-16-12-5-8-18(9-6-12)7-2-10-19-13-3-4-14(15)17-11-13/h3-4,11-12,16H,2,5-10H2,1H3. The molecule has 1 aliphatic heterocycles. The van der Waals surface area contributed by atoms with E-state index in [0.29, 0.717) is 11.2 Å². The van der Waals surface area contributed by atoms with Crippen LogP contribution in [-0.4, -0.2) is 49.2 Å². The number of nitrogens with zero attached hydrogens (tertiary/aromatic N) is 2. The minimum Gasteiger partial charge on any atom is -0.492 e. The molecule has 1 aromatic rings. The minimum atomic E-state index is 0.500. The Morgan fingerprint density at radius 3 is 2.84 bits per heavy atom. The van der Waals surface area contributed by atoms with Gasteiger partial charge in [0, 0.05) is 12.6 Å². The summed E-state index contributed by atoms with van der Waals surface area (Å²) in [5.74, 6) is 0.790. The molecule has 1 aromatic heterocycles. The van der Waals surface area contributed by atoms with Crippen molar-refractivity contribution in [3.63, 3.8) is 0 Å². The van der Waals surface area contributed by atoms with Crippen molar-refractivity contribution in [3.8, 4) is 5.75 Å². The fourth-order valence-electron chi connectivity index (χ4n) is 2.37. The molecular weight excluding hydrogens is 262 g/mol. The highest BCUT2D eigenvalue weighted by Crippen LogP contribution is 2.13. The molecule has 0 atom stereocenters. The molecule has 1 saturated heterocycles. The Bertz CT molecular complexity index is 363. The molecule has 2 heterocycles. The van der Waals surface area contributed by atoms with Crippen LogP contribution in [0.15, 0.2) is 18.3 Å². The number of piperidine rings is 1. The lowest BCUT2D eigenvalue weighted by Gasteiger charge is -2.31. The molecule has 2 rings (SSSR count). The lowest BCUT2D eigenvalue weighted by molar-refractivity contribution is 0.185. The summed E-state index contributed by atoms with van der Waals surface area (Å²) in [7, 11) is 2.05. The second-order valence-corrected chi connectivity index (χ2v) is 5.31. The lowest BCUT2D eigenvalue weighted by atomic mass is 10.1. The van der Waals surface area contributed by atoms with Gasteiger partial charge in [-0.3, -0.25) is 0 Å².